The average Bonchev–Trinajstić information content (AvgIpc) is 3.26. The van der Waals surface area contributed by atoms with Gasteiger partial charge in [0.1, 0.15) is 9.88 Å². The van der Waals surface area contributed by atoms with Crippen LogP contribution >= 0.6 is 11.3 Å². The normalized spacial score (nSPS) is 25.5. The van der Waals surface area contributed by atoms with Gasteiger partial charge in [-0.05, 0) is 25.2 Å². The quantitative estimate of drug-likeness (QED) is 0.761. The van der Waals surface area contributed by atoms with E-state index in [2.05, 4.69) is 15.6 Å². The second kappa shape index (κ2) is 7.89. The van der Waals surface area contributed by atoms with E-state index in [1.54, 1.807) is 30.3 Å². The van der Waals surface area contributed by atoms with Crippen molar-refractivity contribution in [2.75, 3.05) is 6.54 Å². The molecule has 0 radical (unpaired) electrons. The number of hydrogen-bond acceptors (Lipinski definition) is 4. The molecule has 2 unspecified atom stereocenters. The molecule has 2 fully saturated rings. The molecule has 2 aromatic rings. The zero-order valence-electron chi connectivity index (χ0n) is 15.1. The molecule has 1 aromatic heterocycles. The van der Waals surface area contributed by atoms with Gasteiger partial charge in [0.2, 0.25) is 0 Å². The molecule has 0 amide bonds. The van der Waals surface area contributed by atoms with Gasteiger partial charge in [-0.2, -0.15) is 13.2 Å². The van der Waals surface area contributed by atoms with Crippen molar-refractivity contribution in [1.29, 1.82) is 0 Å². The van der Waals surface area contributed by atoms with Crippen LogP contribution in [-0.4, -0.2) is 23.6 Å². The van der Waals surface area contributed by atoms with Crippen LogP contribution in [0, 0.1) is 5.92 Å². The van der Waals surface area contributed by atoms with Gasteiger partial charge in [0.05, 0.1) is 5.69 Å². The second-order valence-corrected chi connectivity index (χ2v) is 8.61. The summed E-state index contributed by atoms with van der Waals surface area (Å²) in [5.74, 6) is 0.770. The Morgan fingerprint density at radius 1 is 1.15 bits per heavy atom. The molecule has 27 heavy (non-hydrogen) atoms. The first-order valence-corrected chi connectivity index (χ1v) is 10.4. The number of aromatic nitrogens is 1. The van der Waals surface area contributed by atoms with Gasteiger partial charge in [0.25, 0.3) is 0 Å². The molecule has 0 bridgehead atoms. The number of rotatable bonds is 5. The molecule has 3 atom stereocenters. The van der Waals surface area contributed by atoms with Crippen molar-refractivity contribution in [3.05, 3.63) is 40.2 Å². The van der Waals surface area contributed by atoms with Crippen molar-refractivity contribution in [3.8, 4) is 11.3 Å². The van der Waals surface area contributed by atoms with Crippen molar-refractivity contribution < 1.29 is 13.2 Å². The fourth-order valence-electron chi connectivity index (χ4n) is 4.36. The Kier molecular flexibility index (Phi) is 5.53. The summed E-state index contributed by atoms with van der Waals surface area (Å²) in [5.41, 5.74) is 0.545. The van der Waals surface area contributed by atoms with Crippen LogP contribution in [0.2, 0.25) is 0 Å². The van der Waals surface area contributed by atoms with E-state index in [0.717, 1.165) is 23.8 Å². The lowest BCUT2D eigenvalue weighted by Gasteiger charge is -2.24. The van der Waals surface area contributed by atoms with E-state index >= 15 is 0 Å². The number of nitrogens with one attached hydrogen (secondary N) is 2. The smallest absolute Gasteiger partial charge is 0.310 e. The third-order valence-electron chi connectivity index (χ3n) is 5.59. The van der Waals surface area contributed by atoms with E-state index in [0.29, 0.717) is 29.2 Å². The number of benzene rings is 1. The molecular weight excluding hydrogens is 371 g/mol. The van der Waals surface area contributed by atoms with Crippen molar-refractivity contribution in [3.63, 3.8) is 0 Å². The Hall–Kier alpha value is -1.44. The van der Waals surface area contributed by atoms with E-state index in [1.807, 2.05) is 0 Å². The largest absolute Gasteiger partial charge is 0.427 e. The number of nitrogens with zero attached hydrogens (tertiary/aromatic N) is 1. The topological polar surface area (TPSA) is 37.0 Å². The van der Waals surface area contributed by atoms with Crippen LogP contribution in [-0.2, 0) is 12.7 Å². The van der Waals surface area contributed by atoms with Crippen LogP contribution in [0.25, 0.3) is 11.3 Å². The van der Waals surface area contributed by atoms with Crippen molar-refractivity contribution in [2.45, 2.75) is 56.9 Å². The van der Waals surface area contributed by atoms with Crippen molar-refractivity contribution in [1.82, 2.24) is 15.6 Å². The Labute approximate surface area is 161 Å². The van der Waals surface area contributed by atoms with E-state index in [1.165, 1.54) is 32.1 Å². The summed E-state index contributed by atoms with van der Waals surface area (Å²) in [6.45, 7) is 1.14. The van der Waals surface area contributed by atoms with Crippen molar-refractivity contribution in [2.24, 2.45) is 5.92 Å². The lowest BCUT2D eigenvalue weighted by atomic mass is 9.85. The molecule has 7 heteroatoms. The lowest BCUT2D eigenvalue weighted by molar-refractivity contribution is -0.134. The molecule has 4 rings (SSSR count). The number of alkyl halides is 3. The van der Waals surface area contributed by atoms with Gasteiger partial charge in [-0.15, -0.1) is 11.3 Å². The molecule has 1 aliphatic carbocycles. The highest BCUT2D eigenvalue weighted by Crippen LogP contribution is 2.41. The first-order valence-electron chi connectivity index (χ1n) is 9.60. The van der Waals surface area contributed by atoms with E-state index in [-0.39, 0.29) is 5.69 Å². The fraction of sp³-hybridized carbons (Fsp3) is 0.550. The lowest BCUT2D eigenvalue weighted by Crippen LogP contribution is -2.38. The van der Waals surface area contributed by atoms with E-state index < -0.39 is 11.1 Å². The summed E-state index contributed by atoms with van der Waals surface area (Å²) in [6, 6.07) is 9.64. The molecule has 2 N–H and O–H groups in total. The Bertz CT molecular complexity index is 746. The molecule has 146 valence electrons. The minimum Gasteiger partial charge on any atom is -0.310 e. The van der Waals surface area contributed by atoms with E-state index in [9.17, 15) is 13.2 Å². The monoisotopic (exact) mass is 395 g/mol. The van der Waals surface area contributed by atoms with E-state index in [4.69, 9.17) is 0 Å². The molecule has 2 heterocycles. The number of halogens is 3. The van der Waals surface area contributed by atoms with Gasteiger partial charge in [0, 0.05) is 30.7 Å². The summed E-state index contributed by atoms with van der Waals surface area (Å²) < 4.78 is 40.3. The van der Waals surface area contributed by atoms with Gasteiger partial charge in [-0.3, -0.25) is 0 Å². The van der Waals surface area contributed by atoms with Crippen LogP contribution in [0.15, 0.2) is 30.3 Å². The molecule has 3 nitrogen and oxygen atoms in total. The highest BCUT2D eigenvalue weighted by molar-refractivity contribution is 7.12. The average molecular weight is 395 g/mol. The minimum absolute atomic E-state index is 0.0370. The molecule has 1 aliphatic heterocycles. The molecule has 1 aromatic carbocycles. The standard InChI is InChI=1S/C20H24F3N3S/c21-20(22,23)19-18(13-6-2-1-3-7-13)26-17(27-19)12-24-11-15-10-14-8-4-5-9-16(14)25-15/h1-3,6-7,14-16,24-25H,4-5,8-12H2/t14?,15-,16?/m0/s1. The molecule has 1 saturated heterocycles. The summed E-state index contributed by atoms with van der Waals surface area (Å²) in [7, 11) is 0. The predicted octanol–water partition coefficient (Wildman–Crippen LogP) is 4.84. The van der Waals surface area contributed by atoms with Crippen LogP contribution in [0.3, 0.4) is 0 Å². The maximum atomic E-state index is 13.4. The summed E-state index contributed by atoms with van der Waals surface area (Å²) in [4.78, 5) is 3.68. The number of fused-ring (bicyclic) bond motifs is 1. The van der Waals surface area contributed by atoms with Gasteiger partial charge in [-0.1, -0.05) is 43.2 Å². The van der Waals surface area contributed by atoms with Gasteiger partial charge >= 0.3 is 6.18 Å². The number of thiazole rings is 1. The molecule has 0 spiro atoms. The van der Waals surface area contributed by atoms with Crippen LogP contribution in [0.4, 0.5) is 13.2 Å². The Morgan fingerprint density at radius 3 is 2.67 bits per heavy atom. The fourth-order valence-corrected chi connectivity index (χ4v) is 5.29. The summed E-state index contributed by atoms with van der Waals surface area (Å²) >= 11 is 0.745. The summed E-state index contributed by atoms with van der Waals surface area (Å²) in [6.07, 6.45) is 1.96. The maximum absolute atomic E-state index is 13.4. The second-order valence-electron chi connectivity index (χ2n) is 7.53. The van der Waals surface area contributed by atoms with Gasteiger partial charge < -0.3 is 10.6 Å². The minimum atomic E-state index is -4.39. The third-order valence-corrected chi connectivity index (χ3v) is 6.69. The third kappa shape index (κ3) is 4.36. The zero-order valence-corrected chi connectivity index (χ0v) is 15.9. The number of hydrogen-bond donors (Lipinski definition) is 2. The first-order chi connectivity index (χ1) is 13.0. The maximum Gasteiger partial charge on any atom is 0.427 e. The zero-order chi connectivity index (χ0) is 18.9. The molecule has 2 aliphatic rings. The highest BCUT2D eigenvalue weighted by atomic mass is 32.1. The first kappa shape index (κ1) is 18.9. The van der Waals surface area contributed by atoms with Crippen LogP contribution < -0.4 is 10.6 Å². The molecule has 1 saturated carbocycles. The van der Waals surface area contributed by atoms with Crippen molar-refractivity contribution >= 4 is 11.3 Å². The predicted molar refractivity (Wildman–Crippen MR) is 102 cm³/mol. The van der Waals surface area contributed by atoms with Crippen LogP contribution in [0.5, 0.6) is 0 Å². The highest BCUT2D eigenvalue weighted by Gasteiger charge is 2.38. The van der Waals surface area contributed by atoms with Gasteiger partial charge in [0.15, 0.2) is 0 Å². The van der Waals surface area contributed by atoms with Crippen LogP contribution in [0.1, 0.15) is 42.0 Å². The molecular formula is C20H24F3N3S. The Morgan fingerprint density at radius 2 is 1.93 bits per heavy atom. The Balaban J connectivity index is 1.40. The summed E-state index contributed by atoms with van der Waals surface area (Å²) in [5, 5.41) is 7.48. The SMILES string of the molecule is FC(F)(F)c1sc(CNC[C@@H]2CC3CCCCC3N2)nc1-c1ccccc1. The van der Waals surface area contributed by atoms with Gasteiger partial charge in [-0.25, -0.2) is 4.98 Å².